The molecule has 1 amide bonds. The van der Waals surface area contributed by atoms with E-state index in [9.17, 15) is 4.79 Å². The Hall–Kier alpha value is -1.22. The number of benzene rings is 1. The van der Waals surface area contributed by atoms with Crippen molar-refractivity contribution in [1.29, 1.82) is 0 Å². The molecule has 14 heavy (non-hydrogen) atoms. The number of hydrogen-bond donors (Lipinski definition) is 1. The Balaban J connectivity index is 2.27. The van der Waals surface area contributed by atoms with Crippen LogP contribution in [0.15, 0.2) is 18.2 Å². The normalized spacial score (nSPS) is 19.6. The zero-order valence-electron chi connectivity index (χ0n) is 7.50. The SMILES string of the molecule is NC(=O)[C@H]1CCc2cc(Cl)ccc2O1. The molecule has 0 radical (unpaired) electrons. The van der Waals surface area contributed by atoms with Gasteiger partial charge in [0, 0.05) is 5.02 Å². The molecule has 1 atom stereocenters. The molecule has 0 fully saturated rings. The summed E-state index contributed by atoms with van der Waals surface area (Å²) in [5, 5.41) is 0.685. The van der Waals surface area contributed by atoms with Crippen LogP contribution < -0.4 is 10.5 Å². The van der Waals surface area contributed by atoms with E-state index in [0.29, 0.717) is 17.2 Å². The maximum Gasteiger partial charge on any atom is 0.258 e. The Morgan fingerprint density at radius 3 is 3.07 bits per heavy atom. The molecule has 1 aliphatic rings. The lowest BCUT2D eigenvalue weighted by Crippen LogP contribution is -2.36. The predicted molar refractivity (Wildman–Crippen MR) is 53.4 cm³/mol. The minimum Gasteiger partial charge on any atom is -0.480 e. The minimum atomic E-state index is -0.497. The maximum atomic E-state index is 10.9. The third-order valence-electron chi connectivity index (χ3n) is 2.28. The molecule has 0 spiro atoms. The van der Waals surface area contributed by atoms with Crippen molar-refractivity contribution in [2.45, 2.75) is 18.9 Å². The molecular weight excluding hydrogens is 202 g/mol. The van der Waals surface area contributed by atoms with E-state index in [-0.39, 0.29) is 0 Å². The lowest BCUT2D eigenvalue weighted by Gasteiger charge is -2.23. The van der Waals surface area contributed by atoms with Gasteiger partial charge in [-0.15, -0.1) is 0 Å². The highest BCUT2D eigenvalue weighted by Gasteiger charge is 2.23. The number of hydrogen-bond acceptors (Lipinski definition) is 2. The molecule has 0 aliphatic carbocycles. The zero-order valence-corrected chi connectivity index (χ0v) is 8.25. The van der Waals surface area contributed by atoms with Crippen molar-refractivity contribution in [2.24, 2.45) is 5.73 Å². The highest BCUT2D eigenvalue weighted by molar-refractivity contribution is 6.30. The average Bonchev–Trinajstić information content (AvgIpc) is 2.16. The molecule has 74 valence electrons. The predicted octanol–water partition coefficient (Wildman–Crippen LogP) is 1.52. The van der Waals surface area contributed by atoms with Gasteiger partial charge in [0.15, 0.2) is 6.10 Å². The lowest BCUT2D eigenvalue weighted by atomic mass is 10.0. The average molecular weight is 212 g/mol. The number of amides is 1. The van der Waals surface area contributed by atoms with Crippen LogP contribution in [-0.4, -0.2) is 12.0 Å². The quantitative estimate of drug-likeness (QED) is 0.766. The monoisotopic (exact) mass is 211 g/mol. The topological polar surface area (TPSA) is 52.3 Å². The Morgan fingerprint density at radius 1 is 1.57 bits per heavy atom. The number of carbonyl (C=O) groups is 1. The van der Waals surface area contributed by atoms with Gasteiger partial charge in [-0.2, -0.15) is 0 Å². The molecule has 0 saturated heterocycles. The van der Waals surface area contributed by atoms with E-state index in [1.54, 1.807) is 12.1 Å². The summed E-state index contributed by atoms with van der Waals surface area (Å²) >= 11 is 5.83. The fraction of sp³-hybridized carbons (Fsp3) is 0.300. The Kier molecular flexibility index (Phi) is 2.33. The van der Waals surface area contributed by atoms with Crippen molar-refractivity contribution < 1.29 is 9.53 Å². The summed E-state index contributed by atoms with van der Waals surface area (Å²) in [5.74, 6) is 0.301. The molecule has 0 saturated carbocycles. The first-order valence-corrected chi connectivity index (χ1v) is 4.79. The van der Waals surface area contributed by atoms with Gasteiger partial charge in [0.2, 0.25) is 0 Å². The summed E-state index contributed by atoms with van der Waals surface area (Å²) in [6, 6.07) is 5.37. The number of fused-ring (bicyclic) bond motifs is 1. The van der Waals surface area contributed by atoms with E-state index in [4.69, 9.17) is 22.1 Å². The van der Waals surface area contributed by atoms with Crippen molar-refractivity contribution in [1.82, 2.24) is 0 Å². The fourth-order valence-electron chi connectivity index (χ4n) is 1.56. The third kappa shape index (κ3) is 1.68. The summed E-state index contributed by atoms with van der Waals surface area (Å²) < 4.78 is 5.42. The van der Waals surface area contributed by atoms with Crippen molar-refractivity contribution in [2.75, 3.05) is 0 Å². The molecule has 2 rings (SSSR count). The summed E-state index contributed by atoms with van der Waals surface area (Å²) in [6.45, 7) is 0. The highest BCUT2D eigenvalue weighted by Crippen LogP contribution is 2.29. The van der Waals surface area contributed by atoms with Gasteiger partial charge in [-0.1, -0.05) is 11.6 Å². The van der Waals surface area contributed by atoms with Gasteiger partial charge >= 0.3 is 0 Å². The molecule has 0 unspecified atom stereocenters. The highest BCUT2D eigenvalue weighted by atomic mass is 35.5. The first-order chi connectivity index (χ1) is 6.66. The van der Waals surface area contributed by atoms with Gasteiger partial charge < -0.3 is 10.5 Å². The van der Waals surface area contributed by atoms with Crippen LogP contribution in [0.2, 0.25) is 5.02 Å². The molecule has 1 aromatic carbocycles. The smallest absolute Gasteiger partial charge is 0.258 e. The number of halogens is 1. The Morgan fingerprint density at radius 2 is 2.36 bits per heavy atom. The van der Waals surface area contributed by atoms with Gasteiger partial charge in [0.25, 0.3) is 5.91 Å². The van der Waals surface area contributed by atoms with Crippen LogP contribution in [-0.2, 0) is 11.2 Å². The number of ether oxygens (including phenoxy) is 1. The molecule has 0 bridgehead atoms. The summed E-state index contributed by atoms with van der Waals surface area (Å²) in [7, 11) is 0. The Bertz CT molecular complexity index is 378. The van der Waals surface area contributed by atoms with Crippen LogP contribution in [0, 0.1) is 0 Å². The second-order valence-electron chi connectivity index (χ2n) is 3.30. The van der Waals surface area contributed by atoms with E-state index < -0.39 is 12.0 Å². The molecule has 4 heteroatoms. The van der Waals surface area contributed by atoms with E-state index in [1.807, 2.05) is 6.07 Å². The van der Waals surface area contributed by atoms with Gasteiger partial charge in [-0.3, -0.25) is 4.79 Å². The number of nitrogens with two attached hydrogens (primary N) is 1. The molecule has 0 aromatic heterocycles. The molecule has 2 N–H and O–H groups in total. The second-order valence-corrected chi connectivity index (χ2v) is 3.74. The summed E-state index contributed by atoms with van der Waals surface area (Å²) in [4.78, 5) is 10.9. The lowest BCUT2D eigenvalue weighted by molar-refractivity contribution is -0.125. The number of carbonyl (C=O) groups excluding carboxylic acids is 1. The standard InChI is InChI=1S/C10H10ClNO2/c11-7-2-4-8-6(5-7)1-3-9(14-8)10(12)13/h2,4-5,9H,1,3H2,(H2,12,13)/t9-/m1/s1. The number of rotatable bonds is 1. The Labute approximate surface area is 86.8 Å². The third-order valence-corrected chi connectivity index (χ3v) is 2.52. The molecule has 1 aliphatic heterocycles. The van der Waals surface area contributed by atoms with Crippen molar-refractivity contribution >= 4 is 17.5 Å². The van der Waals surface area contributed by atoms with E-state index in [1.165, 1.54) is 0 Å². The zero-order chi connectivity index (χ0) is 10.1. The van der Waals surface area contributed by atoms with E-state index >= 15 is 0 Å². The maximum absolute atomic E-state index is 10.9. The molecule has 1 heterocycles. The second kappa shape index (κ2) is 3.50. The number of primary amides is 1. The largest absolute Gasteiger partial charge is 0.480 e. The molecule has 3 nitrogen and oxygen atoms in total. The van der Waals surface area contributed by atoms with Crippen LogP contribution in [0.3, 0.4) is 0 Å². The molecular formula is C10H10ClNO2. The van der Waals surface area contributed by atoms with Crippen LogP contribution >= 0.6 is 11.6 Å². The summed E-state index contributed by atoms with van der Waals surface area (Å²) in [5.41, 5.74) is 6.20. The van der Waals surface area contributed by atoms with E-state index in [2.05, 4.69) is 0 Å². The van der Waals surface area contributed by atoms with Crippen molar-refractivity contribution in [3.8, 4) is 5.75 Å². The van der Waals surface area contributed by atoms with Crippen LogP contribution in [0.25, 0.3) is 0 Å². The van der Waals surface area contributed by atoms with Gasteiger partial charge in [0.05, 0.1) is 0 Å². The van der Waals surface area contributed by atoms with Gasteiger partial charge in [0.1, 0.15) is 5.75 Å². The number of aryl methyl sites for hydroxylation is 1. The van der Waals surface area contributed by atoms with Gasteiger partial charge in [-0.25, -0.2) is 0 Å². The first-order valence-electron chi connectivity index (χ1n) is 4.41. The van der Waals surface area contributed by atoms with Crippen LogP contribution in [0.1, 0.15) is 12.0 Å². The van der Waals surface area contributed by atoms with Gasteiger partial charge in [-0.05, 0) is 36.6 Å². The van der Waals surface area contributed by atoms with Crippen molar-refractivity contribution in [3.05, 3.63) is 28.8 Å². The minimum absolute atomic E-state index is 0.411. The summed E-state index contributed by atoms with van der Waals surface area (Å²) in [6.07, 6.45) is 0.912. The molecule has 1 aromatic rings. The van der Waals surface area contributed by atoms with Crippen molar-refractivity contribution in [3.63, 3.8) is 0 Å². The van der Waals surface area contributed by atoms with Crippen LogP contribution in [0.4, 0.5) is 0 Å². The van der Waals surface area contributed by atoms with E-state index in [0.717, 1.165) is 12.0 Å². The fourth-order valence-corrected chi connectivity index (χ4v) is 1.75. The first kappa shape index (κ1) is 9.34. The van der Waals surface area contributed by atoms with Crippen LogP contribution in [0.5, 0.6) is 5.75 Å².